The molecular weight excluding hydrogens is 188 g/mol. The fraction of sp³-hybridized carbons (Fsp3) is 0.385. The summed E-state index contributed by atoms with van der Waals surface area (Å²) in [6.45, 7) is 2.13. The van der Waals surface area contributed by atoms with Crippen LogP contribution in [0.2, 0.25) is 0 Å². The van der Waals surface area contributed by atoms with Crippen molar-refractivity contribution < 1.29 is 9.84 Å². The lowest BCUT2D eigenvalue weighted by Crippen LogP contribution is -2.17. The minimum Gasteiger partial charge on any atom is -0.491 e. The zero-order valence-corrected chi connectivity index (χ0v) is 8.94. The molecule has 0 heterocycles. The SMILES string of the molecule is CC#CCCC(O)COc1ccccc1. The minimum atomic E-state index is -0.439. The summed E-state index contributed by atoms with van der Waals surface area (Å²) in [5.41, 5.74) is 0. The van der Waals surface area contributed by atoms with Crippen molar-refractivity contribution in [1.29, 1.82) is 0 Å². The van der Waals surface area contributed by atoms with Gasteiger partial charge >= 0.3 is 0 Å². The van der Waals surface area contributed by atoms with Crippen LogP contribution in [-0.4, -0.2) is 17.8 Å². The van der Waals surface area contributed by atoms with E-state index in [4.69, 9.17) is 4.74 Å². The highest BCUT2D eigenvalue weighted by Gasteiger charge is 2.03. The van der Waals surface area contributed by atoms with Crippen LogP contribution in [0.15, 0.2) is 30.3 Å². The molecule has 2 heteroatoms. The van der Waals surface area contributed by atoms with Crippen molar-refractivity contribution >= 4 is 0 Å². The van der Waals surface area contributed by atoms with Crippen molar-refractivity contribution in [3.05, 3.63) is 30.3 Å². The molecule has 80 valence electrons. The summed E-state index contributed by atoms with van der Waals surface area (Å²) >= 11 is 0. The Morgan fingerprint density at radius 3 is 2.73 bits per heavy atom. The molecule has 0 saturated carbocycles. The third kappa shape index (κ3) is 5.09. The molecular formula is C13H16O2. The molecule has 1 rings (SSSR count). The molecule has 15 heavy (non-hydrogen) atoms. The van der Waals surface area contributed by atoms with E-state index in [1.807, 2.05) is 30.3 Å². The highest BCUT2D eigenvalue weighted by molar-refractivity contribution is 5.20. The van der Waals surface area contributed by atoms with Crippen LogP contribution in [0, 0.1) is 11.8 Å². The number of aliphatic hydroxyl groups excluding tert-OH is 1. The van der Waals surface area contributed by atoms with E-state index in [0.29, 0.717) is 13.0 Å². The summed E-state index contributed by atoms with van der Waals surface area (Å²) in [5.74, 6) is 6.50. The van der Waals surface area contributed by atoms with Crippen LogP contribution in [0.1, 0.15) is 19.8 Å². The molecule has 0 aliphatic carbocycles. The first kappa shape index (κ1) is 11.6. The molecule has 2 nitrogen and oxygen atoms in total. The van der Waals surface area contributed by atoms with Crippen molar-refractivity contribution in [2.45, 2.75) is 25.9 Å². The molecule has 0 radical (unpaired) electrons. The highest BCUT2D eigenvalue weighted by atomic mass is 16.5. The summed E-state index contributed by atoms with van der Waals surface area (Å²) in [5, 5.41) is 9.54. The lowest BCUT2D eigenvalue weighted by molar-refractivity contribution is 0.101. The van der Waals surface area contributed by atoms with Gasteiger partial charge in [0.15, 0.2) is 0 Å². The Balaban J connectivity index is 2.21. The Kier molecular flexibility index (Phi) is 5.35. The lowest BCUT2D eigenvalue weighted by atomic mass is 10.2. The van der Waals surface area contributed by atoms with Gasteiger partial charge in [0, 0.05) is 6.42 Å². The zero-order valence-electron chi connectivity index (χ0n) is 8.94. The number of benzene rings is 1. The maximum atomic E-state index is 9.54. The number of para-hydroxylation sites is 1. The van der Waals surface area contributed by atoms with Crippen LogP contribution in [0.25, 0.3) is 0 Å². The molecule has 1 unspecified atom stereocenters. The highest BCUT2D eigenvalue weighted by Crippen LogP contribution is 2.09. The van der Waals surface area contributed by atoms with Gasteiger partial charge in [0.1, 0.15) is 12.4 Å². The molecule has 1 atom stereocenters. The Morgan fingerprint density at radius 1 is 1.33 bits per heavy atom. The Bertz CT molecular complexity index is 321. The number of hydrogen-bond acceptors (Lipinski definition) is 2. The maximum absolute atomic E-state index is 9.54. The molecule has 0 aliphatic heterocycles. The molecule has 1 aromatic carbocycles. The molecule has 0 bridgehead atoms. The van der Waals surface area contributed by atoms with Gasteiger partial charge in [0.05, 0.1) is 6.10 Å². The number of ether oxygens (including phenoxy) is 1. The summed E-state index contributed by atoms with van der Waals surface area (Å²) in [4.78, 5) is 0. The smallest absolute Gasteiger partial charge is 0.119 e. The predicted octanol–water partition coefficient (Wildman–Crippen LogP) is 2.23. The minimum absolute atomic E-state index is 0.329. The summed E-state index contributed by atoms with van der Waals surface area (Å²) in [7, 11) is 0. The van der Waals surface area contributed by atoms with Gasteiger partial charge in [-0.25, -0.2) is 0 Å². The summed E-state index contributed by atoms with van der Waals surface area (Å²) in [6, 6.07) is 9.49. The van der Waals surface area contributed by atoms with Crippen LogP contribution < -0.4 is 4.74 Å². The first-order valence-electron chi connectivity index (χ1n) is 5.08. The number of rotatable bonds is 5. The van der Waals surface area contributed by atoms with Gasteiger partial charge in [-0.05, 0) is 25.5 Å². The van der Waals surface area contributed by atoms with Crippen molar-refractivity contribution in [2.24, 2.45) is 0 Å². The van der Waals surface area contributed by atoms with E-state index in [9.17, 15) is 5.11 Å². The maximum Gasteiger partial charge on any atom is 0.119 e. The average molecular weight is 204 g/mol. The van der Waals surface area contributed by atoms with Crippen LogP contribution in [0.5, 0.6) is 5.75 Å². The van der Waals surface area contributed by atoms with E-state index in [2.05, 4.69) is 11.8 Å². The average Bonchev–Trinajstić information content (AvgIpc) is 2.28. The van der Waals surface area contributed by atoms with Crippen LogP contribution in [0.4, 0.5) is 0 Å². The molecule has 0 spiro atoms. The van der Waals surface area contributed by atoms with Crippen molar-refractivity contribution in [2.75, 3.05) is 6.61 Å². The van der Waals surface area contributed by atoms with Crippen LogP contribution >= 0.6 is 0 Å². The van der Waals surface area contributed by atoms with Crippen molar-refractivity contribution in [3.63, 3.8) is 0 Å². The molecule has 0 aromatic heterocycles. The topological polar surface area (TPSA) is 29.5 Å². The van der Waals surface area contributed by atoms with Gasteiger partial charge in [-0.3, -0.25) is 0 Å². The quantitative estimate of drug-likeness (QED) is 0.745. The summed E-state index contributed by atoms with van der Waals surface area (Å²) < 4.78 is 5.40. The van der Waals surface area contributed by atoms with Crippen LogP contribution in [-0.2, 0) is 0 Å². The summed E-state index contributed by atoms with van der Waals surface area (Å²) in [6.07, 6.45) is 0.940. The second kappa shape index (κ2) is 6.92. The Hall–Kier alpha value is -1.46. The molecule has 1 aromatic rings. The standard InChI is InChI=1S/C13H16O2/c1-2-3-5-8-12(14)11-15-13-9-6-4-7-10-13/h4,6-7,9-10,12,14H,5,8,11H2,1H3. The molecule has 0 saturated heterocycles. The largest absolute Gasteiger partial charge is 0.491 e. The van der Waals surface area contributed by atoms with Gasteiger partial charge in [-0.15, -0.1) is 11.8 Å². The van der Waals surface area contributed by atoms with Crippen LogP contribution in [0.3, 0.4) is 0 Å². The van der Waals surface area contributed by atoms with E-state index in [1.165, 1.54) is 0 Å². The third-order valence-corrected chi connectivity index (χ3v) is 1.96. The molecule has 1 N–H and O–H groups in total. The van der Waals surface area contributed by atoms with Gasteiger partial charge in [-0.1, -0.05) is 18.2 Å². The first-order chi connectivity index (χ1) is 7.33. The lowest BCUT2D eigenvalue weighted by Gasteiger charge is -2.10. The number of hydrogen-bond donors (Lipinski definition) is 1. The van der Waals surface area contributed by atoms with E-state index in [-0.39, 0.29) is 0 Å². The van der Waals surface area contributed by atoms with Gasteiger partial charge in [0.2, 0.25) is 0 Å². The first-order valence-corrected chi connectivity index (χ1v) is 5.08. The monoisotopic (exact) mass is 204 g/mol. The molecule has 0 amide bonds. The second-order valence-corrected chi connectivity index (χ2v) is 3.24. The third-order valence-electron chi connectivity index (χ3n) is 1.96. The van der Waals surface area contributed by atoms with E-state index in [1.54, 1.807) is 6.92 Å². The van der Waals surface area contributed by atoms with Gasteiger partial charge in [-0.2, -0.15) is 0 Å². The van der Waals surface area contributed by atoms with Gasteiger partial charge < -0.3 is 9.84 Å². The van der Waals surface area contributed by atoms with Crippen molar-refractivity contribution in [3.8, 4) is 17.6 Å². The Morgan fingerprint density at radius 2 is 2.07 bits per heavy atom. The van der Waals surface area contributed by atoms with Crippen molar-refractivity contribution in [1.82, 2.24) is 0 Å². The molecule has 0 aliphatic rings. The van der Waals surface area contributed by atoms with E-state index < -0.39 is 6.10 Å². The second-order valence-electron chi connectivity index (χ2n) is 3.24. The predicted molar refractivity (Wildman–Crippen MR) is 60.6 cm³/mol. The molecule has 0 fully saturated rings. The van der Waals surface area contributed by atoms with E-state index in [0.717, 1.165) is 12.2 Å². The fourth-order valence-electron chi connectivity index (χ4n) is 1.16. The fourth-order valence-corrected chi connectivity index (χ4v) is 1.16. The van der Waals surface area contributed by atoms with E-state index >= 15 is 0 Å². The number of aliphatic hydroxyl groups is 1. The zero-order chi connectivity index (χ0) is 10.9. The van der Waals surface area contributed by atoms with Gasteiger partial charge in [0.25, 0.3) is 0 Å². The normalized spacial score (nSPS) is 11.3. The Labute approximate surface area is 90.9 Å².